The molecular formula is C13H21NO4. The monoisotopic (exact) mass is 255 g/mol. The minimum absolute atomic E-state index is 0.512. The number of hydrogen-bond donors (Lipinski definition) is 1. The van der Waals surface area contributed by atoms with Crippen molar-refractivity contribution in [3.05, 3.63) is 17.7 Å². The predicted octanol–water partition coefficient (Wildman–Crippen LogP) is 1.45. The third-order valence-corrected chi connectivity index (χ3v) is 2.49. The standard InChI is InChI=1S/C13H21NO4/c1-14-5-6-18-9-10-7-11(15-2)13(17-4)12(8-10)16-3/h7-8,14H,5-6,9H2,1-4H3. The van der Waals surface area contributed by atoms with Crippen LogP contribution in [0.25, 0.3) is 0 Å². The molecule has 18 heavy (non-hydrogen) atoms. The van der Waals surface area contributed by atoms with Crippen LogP contribution in [-0.4, -0.2) is 41.5 Å². The van der Waals surface area contributed by atoms with Gasteiger partial charge in [0.25, 0.3) is 0 Å². The van der Waals surface area contributed by atoms with Crippen molar-refractivity contribution in [3.63, 3.8) is 0 Å². The maximum Gasteiger partial charge on any atom is 0.203 e. The Balaban J connectivity index is 2.80. The zero-order chi connectivity index (χ0) is 13.4. The summed E-state index contributed by atoms with van der Waals surface area (Å²) in [7, 11) is 6.68. The molecule has 0 aliphatic carbocycles. The van der Waals surface area contributed by atoms with E-state index in [4.69, 9.17) is 18.9 Å². The molecule has 1 N–H and O–H groups in total. The van der Waals surface area contributed by atoms with Crippen molar-refractivity contribution in [1.29, 1.82) is 0 Å². The summed E-state index contributed by atoms with van der Waals surface area (Å²) in [6, 6.07) is 3.78. The van der Waals surface area contributed by atoms with Gasteiger partial charge in [0, 0.05) is 6.54 Å². The highest BCUT2D eigenvalue weighted by Gasteiger charge is 2.12. The largest absolute Gasteiger partial charge is 0.493 e. The van der Waals surface area contributed by atoms with Gasteiger partial charge in [-0.25, -0.2) is 0 Å². The van der Waals surface area contributed by atoms with E-state index in [1.54, 1.807) is 21.3 Å². The van der Waals surface area contributed by atoms with Crippen molar-refractivity contribution in [2.75, 3.05) is 41.5 Å². The van der Waals surface area contributed by atoms with Crippen LogP contribution < -0.4 is 19.5 Å². The first kappa shape index (κ1) is 14.6. The van der Waals surface area contributed by atoms with Gasteiger partial charge in [0.2, 0.25) is 5.75 Å². The molecule has 1 aromatic rings. The van der Waals surface area contributed by atoms with E-state index >= 15 is 0 Å². The van der Waals surface area contributed by atoms with Crippen LogP contribution in [0.15, 0.2) is 12.1 Å². The van der Waals surface area contributed by atoms with Crippen LogP contribution >= 0.6 is 0 Å². The van der Waals surface area contributed by atoms with Gasteiger partial charge in [0.15, 0.2) is 11.5 Å². The van der Waals surface area contributed by atoms with E-state index in [0.29, 0.717) is 30.5 Å². The normalized spacial score (nSPS) is 10.2. The Morgan fingerprint density at radius 3 is 2.06 bits per heavy atom. The van der Waals surface area contributed by atoms with Crippen LogP contribution in [0.4, 0.5) is 0 Å². The van der Waals surface area contributed by atoms with Crippen molar-refractivity contribution in [3.8, 4) is 17.2 Å². The lowest BCUT2D eigenvalue weighted by molar-refractivity contribution is 0.123. The van der Waals surface area contributed by atoms with E-state index < -0.39 is 0 Å². The Labute approximate surface area is 108 Å². The fourth-order valence-corrected chi connectivity index (χ4v) is 1.58. The van der Waals surface area contributed by atoms with Crippen molar-refractivity contribution in [2.45, 2.75) is 6.61 Å². The molecule has 0 saturated heterocycles. The van der Waals surface area contributed by atoms with E-state index in [-0.39, 0.29) is 0 Å². The number of ether oxygens (including phenoxy) is 4. The zero-order valence-electron chi connectivity index (χ0n) is 11.4. The molecule has 0 aromatic heterocycles. The number of benzene rings is 1. The molecule has 0 amide bonds. The Morgan fingerprint density at radius 2 is 1.61 bits per heavy atom. The third kappa shape index (κ3) is 3.78. The maximum absolute atomic E-state index is 5.52. The molecular weight excluding hydrogens is 234 g/mol. The molecule has 0 fully saturated rings. The summed E-state index contributed by atoms with van der Waals surface area (Å²) in [4.78, 5) is 0. The third-order valence-electron chi connectivity index (χ3n) is 2.49. The first-order valence-electron chi connectivity index (χ1n) is 5.78. The lowest BCUT2D eigenvalue weighted by Crippen LogP contribution is -2.14. The summed E-state index contributed by atoms with van der Waals surface area (Å²) < 4.78 is 21.3. The molecule has 5 heteroatoms. The van der Waals surface area contributed by atoms with Gasteiger partial charge < -0.3 is 24.3 Å². The quantitative estimate of drug-likeness (QED) is 0.712. The molecule has 0 aliphatic rings. The fourth-order valence-electron chi connectivity index (χ4n) is 1.58. The highest BCUT2D eigenvalue weighted by Crippen LogP contribution is 2.38. The zero-order valence-corrected chi connectivity index (χ0v) is 11.4. The fraction of sp³-hybridized carbons (Fsp3) is 0.538. The first-order valence-corrected chi connectivity index (χ1v) is 5.78. The van der Waals surface area contributed by atoms with Gasteiger partial charge in [0.05, 0.1) is 34.5 Å². The van der Waals surface area contributed by atoms with Crippen LogP contribution in [-0.2, 0) is 11.3 Å². The number of rotatable bonds is 8. The van der Waals surface area contributed by atoms with Crippen LogP contribution in [0.2, 0.25) is 0 Å². The molecule has 0 atom stereocenters. The second-order valence-electron chi connectivity index (χ2n) is 3.69. The second-order valence-corrected chi connectivity index (χ2v) is 3.69. The van der Waals surface area contributed by atoms with Gasteiger partial charge in [-0.15, -0.1) is 0 Å². The Morgan fingerprint density at radius 1 is 1.00 bits per heavy atom. The number of methoxy groups -OCH3 is 3. The average molecular weight is 255 g/mol. The van der Waals surface area contributed by atoms with Crippen molar-refractivity contribution >= 4 is 0 Å². The van der Waals surface area contributed by atoms with Gasteiger partial charge in [-0.1, -0.05) is 0 Å². The molecule has 5 nitrogen and oxygen atoms in total. The summed E-state index contributed by atoms with van der Waals surface area (Å²) in [5, 5.41) is 3.02. The smallest absolute Gasteiger partial charge is 0.203 e. The van der Waals surface area contributed by atoms with Crippen molar-refractivity contribution in [1.82, 2.24) is 5.32 Å². The number of hydrogen-bond acceptors (Lipinski definition) is 5. The summed E-state index contributed by atoms with van der Waals surface area (Å²) in [6.45, 7) is 2.00. The van der Waals surface area contributed by atoms with E-state index in [0.717, 1.165) is 12.1 Å². The molecule has 102 valence electrons. The van der Waals surface area contributed by atoms with Crippen molar-refractivity contribution < 1.29 is 18.9 Å². The van der Waals surface area contributed by atoms with Gasteiger partial charge in [-0.2, -0.15) is 0 Å². The Bertz CT molecular complexity index is 343. The summed E-state index contributed by atoms with van der Waals surface area (Å²) in [5.41, 5.74) is 0.987. The Kier molecular flexibility index (Phi) is 6.32. The second kappa shape index (κ2) is 7.79. The summed E-state index contributed by atoms with van der Waals surface area (Å²) >= 11 is 0. The molecule has 0 spiro atoms. The number of likely N-dealkylation sites (N-methyl/N-ethyl adjacent to an activating group) is 1. The molecule has 0 unspecified atom stereocenters. The molecule has 1 rings (SSSR count). The SMILES string of the molecule is CNCCOCc1cc(OC)c(OC)c(OC)c1. The van der Waals surface area contributed by atoms with Crippen LogP contribution in [0, 0.1) is 0 Å². The van der Waals surface area contributed by atoms with E-state index in [2.05, 4.69) is 5.32 Å². The summed E-state index contributed by atoms with van der Waals surface area (Å²) in [6.07, 6.45) is 0. The summed E-state index contributed by atoms with van der Waals surface area (Å²) in [5.74, 6) is 1.88. The van der Waals surface area contributed by atoms with E-state index in [1.165, 1.54) is 0 Å². The van der Waals surface area contributed by atoms with Crippen LogP contribution in [0.3, 0.4) is 0 Å². The lowest BCUT2D eigenvalue weighted by Gasteiger charge is -2.14. The van der Waals surface area contributed by atoms with E-state index in [1.807, 2.05) is 19.2 Å². The van der Waals surface area contributed by atoms with Gasteiger partial charge in [-0.05, 0) is 24.7 Å². The van der Waals surface area contributed by atoms with Crippen LogP contribution in [0.1, 0.15) is 5.56 Å². The van der Waals surface area contributed by atoms with Gasteiger partial charge in [-0.3, -0.25) is 0 Å². The molecule has 0 bridgehead atoms. The highest BCUT2D eigenvalue weighted by atomic mass is 16.5. The molecule has 0 radical (unpaired) electrons. The highest BCUT2D eigenvalue weighted by molar-refractivity contribution is 5.53. The first-order chi connectivity index (χ1) is 8.76. The predicted molar refractivity (Wildman–Crippen MR) is 69.7 cm³/mol. The maximum atomic E-state index is 5.52. The molecule has 0 saturated carbocycles. The Hall–Kier alpha value is -1.46. The van der Waals surface area contributed by atoms with Crippen LogP contribution in [0.5, 0.6) is 17.2 Å². The molecule has 1 aromatic carbocycles. The minimum atomic E-state index is 0.512. The van der Waals surface area contributed by atoms with Gasteiger partial charge >= 0.3 is 0 Å². The molecule has 0 heterocycles. The minimum Gasteiger partial charge on any atom is -0.493 e. The van der Waals surface area contributed by atoms with E-state index in [9.17, 15) is 0 Å². The topological polar surface area (TPSA) is 49.0 Å². The number of nitrogens with one attached hydrogen (secondary N) is 1. The average Bonchev–Trinajstić information content (AvgIpc) is 2.42. The lowest BCUT2D eigenvalue weighted by atomic mass is 10.2. The molecule has 0 aliphatic heterocycles. The van der Waals surface area contributed by atoms with Crippen molar-refractivity contribution in [2.24, 2.45) is 0 Å². The van der Waals surface area contributed by atoms with Gasteiger partial charge in [0.1, 0.15) is 0 Å².